The van der Waals surface area contributed by atoms with Crippen LogP contribution in [0.15, 0.2) is 4.60 Å². The summed E-state index contributed by atoms with van der Waals surface area (Å²) in [6.07, 6.45) is 0. The predicted molar refractivity (Wildman–Crippen MR) is 35.9 cm³/mol. The number of nitrogens with zero attached hydrogens (tertiary/aromatic N) is 2. The zero-order chi connectivity index (χ0) is 7.02. The summed E-state index contributed by atoms with van der Waals surface area (Å²) < 4.78 is 13.9. The van der Waals surface area contributed by atoms with Crippen molar-refractivity contribution >= 4 is 27.5 Å². The highest BCUT2D eigenvalue weighted by Gasteiger charge is 2.09. The maximum absolute atomic E-state index is 12.5. The van der Waals surface area contributed by atoms with Gasteiger partial charge < -0.3 is 0 Å². The van der Waals surface area contributed by atoms with Gasteiger partial charge in [0, 0.05) is 7.05 Å². The largest absolute Gasteiger partial charge is 0.240 e. The molecule has 0 N–H and O–H groups in total. The second kappa shape index (κ2) is 2.27. The molecule has 0 spiro atoms. The Morgan fingerprint density at radius 2 is 2.33 bits per heavy atom. The molecule has 0 aromatic carbocycles. The van der Waals surface area contributed by atoms with Gasteiger partial charge in [0.25, 0.3) is 0 Å². The number of aromatic nitrogens is 2. The number of hydrogen-bond donors (Lipinski definition) is 0. The van der Waals surface area contributed by atoms with Crippen LogP contribution in [-0.4, -0.2) is 9.78 Å². The normalized spacial score (nSPS) is 10.2. The van der Waals surface area contributed by atoms with Crippen LogP contribution in [0.2, 0.25) is 5.02 Å². The zero-order valence-electron chi connectivity index (χ0n) is 4.53. The van der Waals surface area contributed by atoms with Crippen molar-refractivity contribution in [2.75, 3.05) is 0 Å². The van der Waals surface area contributed by atoms with Gasteiger partial charge >= 0.3 is 0 Å². The van der Waals surface area contributed by atoms with E-state index in [0.717, 1.165) is 4.68 Å². The van der Waals surface area contributed by atoms with E-state index in [1.807, 2.05) is 0 Å². The van der Waals surface area contributed by atoms with Gasteiger partial charge in [-0.15, -0.1) is 0 Å². The van der Waals surface area contributed by atoms with Crippen LogP contribution in [0.4, 0.5) is 4.39 Å². The Kier molecular flexibility index (Phi) is 1.77. The van der Waals surface area contributed by atoms with E-state index in [2.05, 4.69) is 21.0 Å². The lowest BCUT2D eigenvalue weighted by Gasteiger charge is -1.84. The summed E-state index contributed by atoms with van der Waals surface area (Å²) in [5.41, 5.74) is 0. The number of aryl methyl sites for hydroxylation is 1. The van der Waals surface area contributed by atoms with Gasteiger partial charge in [-0.1, -0.05) is 11.6 Å². The van der Waals surface area contributed by atoms with Gasteiger partial charge in [0.05, 0.1) is 0 Å². The number of halogens is 3. The van der Waals surface area contributed by atoms with Crippen LogP contribution in [0, 0.1) is 5.95 Å². The van der Waals surface area contributed by atoms with Crippen molar-refractivity contribution < 1.29 is 4.39 Å². The molecule has 0 saturated heterocycles. The van der Waals surface area contributed by atoms with Crippen LogP contribution in [0.3, 0.4) is 0 Å². The molecule has 0 unspecified atom stereocenters. The minimum Gasteiger partial charge on any atom is -0.240 e. The quantitative estimate of drug-likeness (QED) is 0.644. The molecule has 1 rings (SSSR count). The van der Waals surface area contributed by atoms with Crippen molar-refractivity contribution in [2.24, 2.45) is 7.05 Å². The van der Waals surface area contributed by atoms with Crippen molar-refractivity contribution in [3.8, 4) is 0 Å². The Hall–Kier alpha value is -0.0900. The summed E-state index contributed by atoms with van der Waals surface area (Å²) in [6.45, 7) is 0. The molecule has 1 heterocycles. The minimum atomic E-state index is -0.524. The summed E-state index contributed by atoms with van der Waals surface area (Å²) in [4.78, 5) is 0. The molecular weight excluding hydrogens is 210 g/mol. The Balaban J connectivity index is 3.29. The highest BCUT2D eigenvalue weighted by atomic mass is 79.9. The molecule has 0 aliphatic rings. The Morgan fingerprint density at radius 1 is 1.78 bits per heavy atom. The van der Waals surface area contributed by atoms with Crippen molar-refractivity contribution in [1.29, 1.82) is 0 Å². The lowest BCUT2D eigenvalue weighted by Crippen LogP contribution is -1.92. The fraction of sp³-hybridized carbons (Fsp3) is 0.250. The van der Waals surface area contributed by atoms with Crippen molar-refractivity contribution in [2.45, 2.75) is 0 Å². The van der Waals surface area contributed by atoms with E-state index in [1.165, 1.54) is 7.05 Å². The SMILES string of the molecule is Cn1nc(Br)c(Cl)c1F. The third-order valence-electron chi connectivity index (χ3n) is 0.884. The molecule has 0 aliphatic carbocycles. The van der Waals surface area contributed by atoms with Crippen LogP contribution >= 0.6 is 27.5 Å². The smallest absolute Gasteiger partial charge is 0.231 e. The molecule has 0 bridgehead atoms. The van der Waals surface area contributed by atoms with E-state index in [-0.39, 0.29) is 5.02 Å². The maximum Gasteiger partial charge on any atom is 0.231 e. The molecular formula is C4H3BrClFN2. The first kappa shape index (κ1) is 7.02. The molecule has 0 amide bonds. The van der Waals surface area contributed by atoms with Gasteiger partial charge in [-0.25, -0.2) is 4.68 Å². The van der Waals surface area contributed by atoms with Crippen molar-refractivity contribution in [3.63, 3.8) is 0 Å². The highest BCUT2D eigenvalue weighted by Crippen LogP contribution is 2.22. The second-order valence-electron chi connectivity index (χ2n) is 1.52. The van der Waals surface area contributed by atoms with Gasteiger partial charge in [-0.05, 0) is 15.9 Å². The third-order valence-corrected chi connectivity index (χ3v) is 2.00. The van der Waals surface area contributed by atoms with Crippen LogP contribution in [0.5, 0.6) is 0 Å². The van der Waals surface area contributed by atoms with Crippen molar-refractivity contribution in [1.82, 2.24) is 9.78 Å². The highest BCUT2D eigenvalue weighted by molar-refractivity contribution is 9.10. The van der Waals surface area contributed by atoms with E-state index >= 15 is 0 Å². The van der Waals surface area contributed by atoms with E-state index < -0.39 is 5.95 Å². The molecule has 0 atom stereocenters. The first-order valence-corrected chi connectivity index (χ1v) is 3.33. The van der Waals surface area contributed by atoms with Gasteiger partial charge in [-0.2, -0.15) is 9.49 Å². The first-order chi connectivity index (χ1) is 4.13. The minimum absolute atomic E-state index is 0.0255. The molecule has 50 valence electrons. The van der Waals surface area contributed by atoms with Crippen LogP contribution in [0.25, 0.3) is 0 Å². The summed E-state index contributed by atoms with van der Waals surface area (Å²) in [6, 6.07) is 0. The first-order valence-electron chi connectivity index (χ1n) is 2.16. The second-order valence-corrected chi connectivity index (χ2v) is 2.65. The lowest BCUT2D eigenvalue weighted by molar-refractivity contribution is 0.504. The van der Waals surface area contributed by atoms with Crippen molar-refractivity contribution in [3.05, 3.63) is 15.6 Å². The Bertz CT molecular complexity index is 212. The molecule has 5 heteroatoms. The van der Waals surface area contributed by atoms with E-state index in [4.69, 9.17) is 11.6 Å². The molecule has 0 radical (unpaired) electrons. The number of hydrogen-bond acceptors (Lipinski definition) is 1. The standard InChI is InChI=1S/C4H3BrClFN2/c1-9-4(7)2(6)3(5)8-9/h1H3. The average molecular weight is 213 g/mol. The third kappa shape index (κ3) is 1.09. The van der Waals surface area contributed by atoms with Crippen LogP contribution in [0.1, 0.15) is 0 Å². The molecule has 9 heavy (non-hydrogen) atoms. The fourth-order valence-electron chi connectivity index (χ4n) is 0.447. The fourth-order valence-corrected chi connectivity index (χ4v) is 1.01. The average Bonchev–Trinajstić information content (AvgIpc) is 1.98. The molecule has 0 aliphatic heterocycles. The predicted octanol–water partition coefficient (Wildman–Crippen LogP) is 1.98. The summed E-state index contributed by atoms with van der Waals surface area (Å²) in [7, 11) is 1.48. The number of rotatable bonds is 0. The molecule has 1 aromatic rings. The monoisotopic (exact) mass is 212 g/mol. The summed E-state index contributed by atoms with van der Waals surface area (Å²) in [5, 5.41) is 3.66. The maximum atomic E-state index is 12.5. The Labute approximate surface area is 64.7 Å². The van der Waals surface area contributed by atoms with E-state index in [0.29, 0.717) is 4.60 Å². The van der Waals surface area contributed by atoms with Gasteiger partial charge in [-0.3, -0.25) is 0 Å². The Morgan fingerprint density at radius 3 is 2.44 bits per heavy atom. The molecule has 2 nitrogen and oxygen atoms in total. The van der Waals surface area contributed by atoms with Crippen LogP contribution < -0.4 is 0 Å². The lowest BCUT2D eigenvalue weighted by atomic mass is 10.7. The van der Waals surface area contributed by atoms with Crippen LogP contribution in [-0.2, 0) is 7.05 Å². The summed E-state index contributed by atoms with van der Waals surface area (Å²) in [5.74, 6) is -0.524. The van der Waals surface area contributed by atoms with Gasteiger partial charge in [0.15, 0.2) is 0 Å². The summed E-state index contributed by atoms with van der Waals surface area (Å²) >= 11 is 8.36. The molecule has 0 saturated carbocycles. The van der Waals surface area contributed by atoms with E-state index in [9.17, 15) is 4.39 Å². The molecule has 0 fully saturated rings. The zero-order valence-corrected chi connectivity index (χ0v) is 6.87. The molecule has 1 aromatic heterocycles. The topological polar surface area (TPSA) is 17.8 Å². The van der Waals surface area contributed by atoms with E-state index in [1.54, 1.807) is 0 Å². The van der Waals surface area contributed by atoms with Gasteiger partial charge in [0.1, 0.15) is 9.63 Å². The van der Waals surface area contributed by atoms with Gasteiger partial charge in [0.2, 0.25) is 5.95 Å².